The average Bonchev–Trinajstić information content (AvgIpc) is 2.54. The summed E-state index contributed by atoms with van der Waals surface area (Å²) in [5, 5.41) is 0. The monoisotopic (exact) mass is 311 g/mol. The van der Waals surface area contributed by atoms with Gasteiger partial charge in [-0.1, -0.05) is 0 Å². The Morgan fingerprint density at radius 2 is 2.10 bits per heavy atom. The van der Waals surface area contributed by atoms with Crippen molar-refractivity contribution in [3.05, 3.63) is 23.8 Å². The molecule has 0 aromatic heterocycles. The highest BCUT2D eigenvalue weighted by Crippen LogP contribution is 2.29. The molecule has 0 spiro atoms. The molecule has 1 unspecified atom stereocenters. The molecule has 1 amide bonds. The van der Waals surface area contributed by atoms with Gasteiger partial charge in [0.25, 0.3) is 5.91 Å². The number of benzene rings is 1. The van der Waals surface area contributed by atoms with Crippen LogP contribution < -0.4 is 9.47 Å². The molecule has 1 aromatic rings. The van der Waals surface area contributed by atoms with Gasteiger partial charge >= 0.3 is 0 Å². The smallest absolute Gasteiger partial charge is 0.254 e. The predicted molar refractivity (Wildman–Crippen MR) is 83.5 cm³/mol. The standard InChI is InChI=1S/C16H22ClNO3/c1-20-14-6-5-13(10-15(14)21-2)16(19)18-9-3-4-12(11-18)7-8-17/h5-6,10,12H,3-4,7-9,11H2,1-2H3. The summed E-state index contributed by atoms with van der Waals surface area (Å²) in [5.41, 5.74) is 0.638. The number of nitrogens with zero attached hydrogens (tertiary/aromatic N) is 1. The van der Waals surface area contributed by atoms with E-state index < -0.39 is 0 Å². The molecule has 1 atom stereocenters. The van der Waals surface area contributed by atoms with Crippen LogP contribution in [0.5, 0.6) is 11.5 Å². The Bertz CT molecular complexity index is 490. The molecule has 2 rings (SSSR count). The number of carbonyl (C=O) groups is 1. The molecule has 0 bridgehead atoms. The van der Waals surface area contributed by atoms with Gasteiger partial charge in [0.05, 0.1) is 14.2 Å². The van der Waals surface area contributed by atoms with Crippen LogP contribution in [0.4, 0.5) is 0 Å². The lowest BCUT2D eigenvalue weighted by Crippen LogP contribution is -2.40. The fourth-order valence-corrected chi connectivity index (χ4v) is 3.10. The lowest BCUT2D eigenvalue weighted by molar-refractivity contribution is 0.0671. The number of amides is 1. The Morgan fingerprint density at radius 1 is 1.33 bits per heavy atom. The summed E-state index contributed by atoms with van der Waals surface area (Å²) in [6, 6.07) is 5.30. The first kappa shape index (κ1) is 16.0. The van der Waals surface area contributed by atoms with Crippen molar-refractivity contribution in [1.82, 2.24) is 4.90 Å². The summed E-state index contributed by atoms with van der Waals surface area (Å²) >= 11 is 5.82. The summed E-state index contributed by atoms with van der Waals surface area (Å²) in [6.45, 7) is 1.60. The number of piperidine rings is 1. The van der Waals surface area contributed by atoms with Crippen molar-refractivity contribution in [2.75, 3.05) is 33.2 Å². The Morgan fingerprint density at radius 3 is 2.76 bits per heavy atom. The highest BCUT2D eigenvalue weighted by Gasteiger charge is 2.24. The van der Waals surface area contributed by atoms with Crippen molar-refractivity contribution in [2.24, 2.45) is 5.92 Å². The van der Waals surface area contributed by atoms with Gasteiger partial charge in [0.2, 0.25) is 0 Å². The third-order valence-electron chi connectivity index (χ3n) is 3.95. The Balaban J connectivity index is 2.12. The van der Waals surface area contributed by atoms with Gasteiger partial charge in [-0.3, -0.25) is 4.79 Å². The normalized spacial score (nSPS) is 18.4. The third-order valence-corrected chi connectivity index (χ3v) is 4.17. The highest BCUT2D eigenvalue weighted by atomic mass is 35.5. The number of ether oxygens (including phenoxy) is 2. The zero-order valence-electron chi connectivity index (χ0n) is 12.6. The molecule has 1 fully saturated rings. The van der Waals surface area contributed by atoms with Crippen molar-refractivity contribution in [3.8, 4) is 11.5 Å². The highest BCUT2D eigenvalue weighted by molar-refractivity contribution is 6.17. The van der Waals surface area contributed by atoms with Crippen LogP contribution >= 0.6 is 11.6 Å². The van der Waals surface area contributed by atoms with Gasteiger partial charge in [-0.15, -0.1) is 11.6 Å². The van der Waals surface area contributed by atoms with Crippen molar-refractivity contribution in [3.63, 3.8) is 0 Å². The van der Waals surface area contributed by atoms with Crippen LogP contribution in [0.1, 0.15) is 29.6 Å². The lowest BCUT2D eigenvalue weighted by atomic mass is 9.95. The van der Waals surface area contributed by atoms with Crippen LogP contribution in [0, 0.1) is 5.92 Å². The van der Waals surface area contributed by atoms with Crippen LogP contribution in [-0.4, -0.2) is 44.0 Å². The fourth-order valence-electron chi connectivity index (χ4n) is 2.79. The van der Waals surface area contributed by atoms with Crippen molar-refractivity contribution in [1.29, 1.82) is 0 Å². The molecule has 116 valence electrons. The summed E-state index contributed by atoms with van der Waals surface area (Å²) in [6.07, 6.45) is 3.17. The van der Waals surface area contributed by atoms with Gasteiger partial charge in [-0.05, 0) is 43.4 Å². The quantitative estimate of drug-likeness (QED) is 0.784. The van der Waals surface area contributed by atoms with Gasteiger partial charge in [-0.25, -0.2) is 0 Å². The zero-order chi connectivity index (χ0) is 15.2. The third kappa shape index (κ3) is 3.82. The number of rotatable bonds is 5. The largest absolute Gasteiger partial charge is 0.493 e. The van der Waals surface area contributed by atoms with E-state index >= 15 is 0 Å². The number of carbonyl (C=O) groups excluding carboxylic acids is 1. The maximum absolute atomic E-state index is 12.6. The second-order valence-electron chi connectivity index (χ2n) is 5.31. The van der Waals surface area contributed by atoms with E-state index in [2.05, 4.69) is 0 Å². The first-order valence-electron chi connectivity index (χ1n) is 7.26. The summed E-state index contributed by atoms with van der Waals surface area (Å²) in [7, 11) is 3.16. The van der Waals surface area contributed by atoms with E-state index in [4.69, 9.17) is 21.1 Å². The number of hydrogen-bond acceptors (Lipinski definition) is 3. The SMILES string of the molecule is COc1ccc(C(=O)N2CCCC(CCCl)C2)cc1OC. The van der Waals surface area contributed by atoms with Crippen LogP contribution in [-0.2, 0) is 0 Å². The molecule has 0 saturated carbocycles. The minimum atomic E-state index is 0.0511. The molecular formula is C16H22ClNO3. The zero-order valence-corrected chi connectivity index (χ0v) is 13.4. The van der Waals surface area contributed by atoms with E-state index in [1.165, 1.54) is 0 Å². The van der Waals surface area contributed by atoms with Gasteiger partial charge in [0.1, 0.15) is 0 Å². The molecule has 1 aliphatic heterocycles. The van der Waals surface area contributed by atoms with Gasteiger partial charge in [0, 0.05) is 24.5 Å². The van der Waals surface area contributed by atoms with E-state index in [1.807, 2.05) is 4.90 Å². The van der Waals surface area contributed by atoms with E-state index in [9.17, 15) is 4.79 Å². The molecule has 0 N–H and O–H groups in total. The Hall–Kier alpha value is -1.42. The van der Waals surface area contributed by atoms with Crippen molar-refractivity contribution in [2.45, 2.75) is 19.3 Å². The first-order valence-corrected chi connectivity index (χ1v) is 7.80. The summed E-state index contributed by atoms with van der Waals surface area (Å²) < 4.78 is 10.5. The van der Waals surface area contributed by atoms with Gasteiger partial charge in [0.15, 0.2) is 11.5 Å². The average molecular weight is 312 g/mol. The van der Waals surface area contributed by atoms with Gasteiger partial charge in [-0.2, -0.15) is 0 Å². The molecule has 5 heteroatoms. The number of methoxy groups -OCH3 is 2. The molecule has 1 aliphatic rings. The molecule has 1 saturated heterocycles. The minimum Gasteiger partial charge on any atom is -0.493 e. The Kier molecular flexibility index (Phi) is 5.74. The van der Waals surface area contributed by atoms with Crippen LogP contribution in [0.15, 0.2) is 18.2 Å². The van der Waals surface area contributed by atoms with Crippen molar-refractivity contribution >= 4 is 17.5 Å². The predicted octanol–water partition coefficient (Wildman–Crippen LogP) is 3.18. The topological polar surface area (TPSA) is 38.8 Å². The second kappa shape index (κ2) is 7.55. The summed E-state index contributed by atoms with van der Waals surface area (Å²) in [4.78, 5) is 14.5. The maximum atomic E-state index is 12.6. The summed E-state index contributed by atoms with van der Waals surface area (Å²) in [5.74, 6) is 2.43. The minimum absolute atomic E-state index is 0.0511. The molecule has 1 heterocycles. The number of halogens is 1. The van der Waals surface area contributed by atoms with Crippen LogP contribution in [0.2, 0.25) is 0 Å². The van der Waals surface area contributed by atoms with Crippen molar-refractivity contribution < 1.29 is 14.3 Å². The molecule has 21 heavy (non-hydrogen) atoms. The van der Waals surface area contributed by atoms with E-state index in [1.54, 1.807) is 32.4 Å². The molecule has 4 nitrogen and oxygen atoms in total. The second-order valence-corrected chi connectivity index (χ2v) is 5.68. The molecule has 0 aliphatic carbocycles. The number of likely N-dealkylation sites (tertiary alicyclic amines) is 1. The van der Waals surface area contributed by atoms with Crippen LogP contribution in [0.25, 0.3) is 0 Å². The van der Waals surface area contributed by atoms with Gasteiger partial charge < -0.3 is 14.4 Å². The van der Waals surface area contributed by atoms with E-state index in [0.717, 1.165) is 32.4 Å². The molecular weight excluding hydrogens is 290 g/mol. The van der Waals surface area contributed by atoms with E-state index in [0.29, 0.717) is 28.9 Å². The molecule has 0 radical (unpaired) electrons. The maximum Gasteiger partial charge on any atom is 0.254 e. The number of hydrogen-bond donors (Lipinski definition) is 0. The Labute approximate surface area is 131 Å². The lowest BCUT2D eigenvalue weighted by Gasteiger charge is -2.32. The van der Waals surface area contributed by atoms with Crippen LogP contribution in [0.3, 0.4) is 0 Å². The first-order chi connectivity index (χ1) is 10.2. The number of alkyl halides is 1. The molecule has 1 aromatic carbocycles. The fraction of sp³-hybridized carbons (Fsp3) is 0.562. The van der Waals surface area contributed by atoms with E-state index in [-0.39, 0.29) is 5.91 Å².